The summed E-state index contributed by atoms with van der Waals surface area (Å²) in [7, 11) is 0.143. The summed E-state index contributed by atoms with van der Waals surface area (Å²) >= 11 is 3.36. The molecule has 1 heterocycles. The number of sulfonamides is 1. The Kier molecular flexibility index (Phi) is 8.13. The largest absolute Gasteiger partial charge is 0.394 e. The SMILES string of the molecule is C[C@H](CO)Nc1nc(Nc2cccc(S(=O)(=O)NCCN(C)C)c2)ncc1Br. The molecule has 28 heavy (non-hydrogen) atoms. The number of hydrogen-bond donors (Lipinski definition) is 4. The van der Waals surface area contributed by atoms with Crippen molar-refractivity contribution >= 4 is 43.4 Å². The first-order valence-corrected chi connectivity index (χ1v) is 10.9. The molecule has 0 saturated carbocycles. The van der Waals surface area contributed by atoms with E-state index in [9.17, 15) is 13.5 Å². The molecular weight excluding hydrogens is 448 g/mol. The maximum Gasteiger partial charge on any atom is 0.240 e. The fraction of sp³-hybridized carbons (Fsp3) is 0.412. The van der Waals surface area contributed by atoms with Gasteiger partial charge in [0, 0.05) is 31.0 Å². The number of aliphatic hydroxyl groups excluding tert-OH is 1. The van der Waals surface area contributed by atoms with Crippen LogP contribution in [0.3, 0.4) is 0 Å². The molecule has 0 unspecified atom stereocenters. The molecule has 0 radical (unpaired) electrons. The second-order valence-electron chi connectivity index (χ2n) is 6.47. The maximum atomic E-state index is 12.4. The highest BCUT2D eigenvalue weighted by molar-refractivity contribution is 9.10. The number of anilines is 3. The number of nitrogens with one attached hydrogen (secondary N) is 3. The van der Waals surface area contributed by atoms with Gasteiger partial charge in [0.15, 0.2) is 0 Å². The normalized spacial score (nSPS) is 12.8. The lowest BCUT2D eigenvalue weighted by atomic mass is 10.3. The van der Waals surface area contributed by atoms with E-state index in [-0.39, 0.29) is 17.5 Å². The predicted molar refractivity (Wildman–Crippen MR) is 113 cm³/mol. The standard InChI is InChI=1S/C17H25BrN6O3S/c1-12(11-25)21-16-15(18)10-19-17(23-16)22-13-5-4-6-14(9-13)28(26,27)20-7-8-24(2)3/h4-6,9-10,12,20,25H,7-8,11H2,1-3H3,(H2,19,21,22,23)/t12-/m1/s1. The lowest BCUT2D eigenvalue weighted by Gasteiger charge is -2.14. The Bertz CT molecular complexity index is 894. The highest BCUT2D eigenvalue weighted by atomic mass is 79.9. The summed E-state index contributed by atoms with van der Waals surface area (Å²) in [6.45, 7) is 2.70. The summed E-state index contributed by atoms with van der Waals surface area (Å²) in [5.41, 5.74) is 0.541. The first-order chi connectivity index (χ1) is 13.2. The van der Waals surface area contributed by atoms with Crippen molar-refractivity contribution in [3.63, 3.8) is 0 Å². The van der Waals surface area contributed by atoms with E-state index < -0.39 is 10.0 Å². The average molecular weight is 473 g/mol. The molecule has 2 rings (SSSR count). The molecular formula is C17H25BrN6O3S. The van der Waals surface area contributed by atoms with Crippen LogP contribution in [0.25, 0.3) is 0 Å². The summed E-state index contributed by atoms with van der Waals surface area (Å²) in [6, 6.07) is 6.25. The smallest absolute Gasteiger partial charge is 0.240 e. The third kappa shape index (κ3) is 6.67. The van der Waals surface area contributed by atoms with Crippen molar-refractivity contribution in [2.75, 3.05) is 44.4 Å². The lowest BCUT2D eigenvalue weighted by molar-refractivity contribution is 0.281. The van der Waals surface area contributed by atoms with E-state index in [1.54, 1.807) is 18.3 Å². The van der Waals surface area contributed by atoms with Crippen molar-refractivity contribution < 1.29 is 13.5 Å². The van der Waals surface area contributed by atoms with Gasteiger partial charge in [-0.15, -0.1) is 0 Å². The van der Waals surface area contributed by atoms with Crippen LogP contribution in [0, 0.1) is 0 Å². The highest BCUT2D eigenvalue weighted by Crippen LogP contribution is 2.23. The van der Waals surface area contributed by atoms with Gasteiger partial charge in [-0.1, -0.05) is 6.07 Å². The molecule has 0 aliphatic heterocycles. The van der Waals surface area contributed by atoms with E-state index in [1.807, 2.05) is 25.9 Å². The van der Waals surface area contributed by atoms with Crippen LogP contribution in [0.1, 0.15) is 6.92 Å². The van der Waals surface area contributed by atoms with Crippen LogP contribution in [0.2, 0.25) is 0 Å². The molecule has 0 fully saturated rings. The first-order valence-electron chi connectivity index (χ1n) is 8.62. The maximum absolute atomic E-state index is 12.4. The molecule has 0 saturated heterocycles. The van der Waals surface area contributed by atoms with E-state index in [0.29, 0.717) is 35.0 Å². The Morgan fingerprint density at radius 3 is 2.75 bits per heavy atom. The van der Waals surface area contributed by atoms with Crippen LogP contribution in [-0.2, 0) is 10.0 Å². The zero-order valence-corrected chi connectivity index (χ0v) is 18.4. The molecule has 11 heteroatoms. The summed E-state index contributed by atoms with van der Waals surface area (Å²) in [5, 5.41) is 15.2. The average Bonchev–Trinajstić information content (AvgIpc) is 2.64. The summed E-state index contributed by atoms with van der Waals surface area (Å²) in [5.74, 6) is 0.819. The van der Waals surface area contributed by atoms with Gasteiger partial charge in [0.2, 0.25) is 16.0 Å². The summed E-state index contributed by atoms with van der Waals surface area (Å²) in [6.07, 6.45) is 1.57. The fourth-order valence-electron chi connectivity index (χ4n) is 2.16. The minimum atomic E-state index is -3.61. The van der Waals surface area contributed by atoms with E-state index in [4.69, 9.17) is 0 Å². The number of benzene rings is 1. The minimum absolute atomic E-state index is 0.0417. The molecule has 0 bridgehead atoms. The molecule has 1 aromatic carbocycles. The Hall–Kier alpha value is -1.79. The van der Waals surface area contributed by atoms with Gasteiger partial charge in [0.25, 0.3) is 0 Å². The van der Waals surface area contributed by atoms with Gasteiger partial charge in [-0.05, 0) is 55.1 Å². The van der Waals surface area contributed by atoms with Crippen LogP contribution in [-0.4, -0.2) is 68.2 Å². The van der Waals surface area contributed by atoms with E-state index >= 15 is 0 Å². The van der Waals surface area contributed by atoms with E-state index in [1.165, 1.54) is 12.1 Å². The molecule has 154 valence electrons. The third-order valence-corrected chi connectivity index (χ3v) is 5.69. The molecule has 1 atom stereocenters. The molecule has 9 nitrogen and oxygen atoms in total. The molecule has 0 aliphatic rings. The molecule has 0 spiro atoms. The Labute approximate surface area is 173 Å². The number of aliphatic hydroxyl groups is 1. The topological polar surface area (TPSA) is 119 Å². The second-order valence-corrected chi connectivity index (χ2v) is 9.09. The Balaban J connectivity index is 2.15. The molecule has 1 aromatic heterocycles. The molecule has 0 aliphatic carbocycles. The number of halogens is 1. The van der Waals surface area contributed by atoms with E-state index in [0.717, 1.165) is 0 Å². The number of likely N-dealkylation sites (N-methyl/N-ethyl adjacent to an activating group) is 1. The van der Waals surface area contributed by atoms with Crippen molar-refractivity contribution in [1.29, 1.82) is 0 Å². The number of rotatable bonds is 10. The van der Waals surface area contributed by atoms with Gasteiger partial charge in [0.05, 0.1) is 16.0 Å². The van der Waals surface area contributed by atoms with Gasteiger partial charge in [-0.25, -0.2) is 18.1 Å². The number of nitrogens with zero attached hydrogens (tertiary/aromatic N) is 3. The Morgan fingerprint density at radius 2 is 2.07 bits per heavy atom. The fourth-order valence-corrected chi connectivity index (χ4v) is 3.54. The minimum Gasteiger partial charge on any atom is -0.394 e. The quantitative estimate of drug-likeness (QED) is 0.411. The van der Waals surface area contributed by atoms with Gasteiger partial charge in [-0.2, -0.15) is 4.98 Å². The third-order valence-electron chi connectivity index (χ3n) is 3.65. The monoisotopic (exact) mass is 472 g/mol. The summed E-state index contributed by atoms with van der Waals surface area (Å²) < 4.78 is 28.1. The second kappa shape index (κ2) is 10.1. The van der Waals surface area contributed by atoms with Crippen molar-refractivity contribution in [1.82, 2.24) is 19.6 Å². The molecule has 0 amide bonds. The van der Waals surface area contributed by atoms with Crippen molar-refractivity contribution in [2.24, 2.45) is 0 Å². The van der Waals surface area contributed by atoms with Gasteiger partial charge in [0.1, 0.15) is 5.82 Å². The Morgan fingerprint density at radius 1 is 1.32 bits per heavy atom. The van der Waals surface area contributed by atoms with E-state index in [2.05, 4.69) is 41.3 Å². The molecule has 4 N–H and O–H groups in total. The van der Waals surface area contributed by atoms with Gasteiger partial charge < -0.3 is 20.6 Å². The van der Waals surface area contributed by atoms with Crippen molar-refractivity contribution in [3.8, 4) is 0 Å². The zero-order valence-electron chi connectivity index (χ0n) is 16.0. The number of hydrogen-bond acceptors (Lipinski definition) is 8. The van der Waals surface area contributed by atoms with Crippen molar-refractivity contribution in [3.05, 3.63) is 34.9 Å². The van der Waals surface area contributed by atoms with Gasteiger partial charge in [-0.3, -0.25) is 0 Å². The number of aromatic nitrogens is 2. The van der Waals surface area contributed by atoms with Crippen LogP contribution >= 0.6 is 15.9 Å². The van der Waals surface area contributed by atoms with Crippen LogP contribution < -0.4 is 15.4 Å². The molecule has 2 aromatic rings. The highest BCUT2D eigenvalue weighted by Gasteiger charge is 2.14. The first kappa shape index (κ1) is 22.5. The summed E-state index contributed by atoms with van der Waals surface area (Å²) in [4.78, 5) is 10.6. The van der Waals surface area contributed by atoms with Crippen LogP contribution in [0.4, 0.5) is 17.5 Å². The lowest BCUT2D eigenvalue weighted by Crippen LogP contribution is -2.31. The zero-order chi connectivity index (χ0) is 20.7. The van der Waals surface area contributed by atoms with Crippen LogP contribution in [0.5, 0.6) is 0 Å². The predicted octanol–water partition coefficient (Wildman–Crippen LogP) is 1.62. The van der Waals surface area contributed by atoms with Gasteiger partial charge >= 0.3 is 0 Å². The van der Waals surface area contributed by atoms with Crippen molar-refractivity contribution in [2.45, 2.75) is 17.9 Å². The van der Waals surface area contributed by atoms with Crippen LogP contribution in [0.15, 0.2) is 39.8 Å².